The molecule has 0 bridgehead atoms. The third-order valence-corrected chi connectivity index (χ3v) is 3.57. The number of ether oxygens (including phenoxy) is 2. The van der Waals surface area contributed by atoms with Crippen LogP contribution in [-0.4, -0.2) is 25.3 Å². The van der Waals surface area contributed by atoms with Crippen molar-refractivity contribution in [1.29, 1.82) is 5.26 Å². The summed E-state index contributed by atoms with van der Waals surface area (Å²) in [5.41, 5.74) is 1.17. The maximum Gasteiger partial charge on any atom is 0.317 e. The number of rotatable bonds is 5. The van der Waals surface area contributed by atoms with Gasteiger partial charge in [-0.3, -0.25) is 9.59 Å². The normalized spacial score (nSPS) is 11.2. The van der Waals surface area contributed by atoms with Crippen molar-refractivity contribution >= 4 is 17.6 Å². The minimum atomic E-state index is -2.30. The number of amides is 1. The summed E-state index contributed by atoms with van der Waals surface area (Å²) in [5.74, 6) is -1.24. The van der Waals surface area contributed by atoms with E-state index in [1.54, 1.807) is 31.2 Å². The molecule has 134 valence electrons. The van der Waals surface area contributed by atoms with Crippen LogP contribution in [-0.2, 0) is 9.59 Å². The van der Waals surface area contributed by atoms with E-state index in [-0.39, 0.29) is 17.1 Å². The van der Waals surface area contributed by atoms with Crippen molar-refractivity contribution < 1.29 is 23.5 Å². The van der Waals surface area contributed by atoms with Crippen LogP contribution in [0.2, 0.25) is 0 Å². The highest BCUT2D eigenvalue weighted by atomic mass is 19.1. The zero-order valence-corrected chi connectivity index (χ0v) is 14.5. The molecular weight excluding hydrogens is 339 g/mol. The first-order valence-electron chi connectivity index (χ1n) is 7.70. The van der Waals surface area contributed by atoms with E-state index in [1.807, 2.05) is 6.07 Å². The lowest BCUT2D eigenvalue weighted by Gasteiger charge is -2.22. The molecule has 2 aromatic carbocycles. The number of likely N-dealkylation sites (N-methyl/N-ethyl adjacent to an activating group) is 1. The van der Waals surface area contributed by atoms with Gasteiger partial charge >= 0.3 is 18.2 Å². The van der Waals surface area contributed by atoms with E-state index in [1.165, 1.54) is 32.2 Å². The standard InChI is InChI=1S/C19H17FN2O4/c1-12-8-9-15(25-13(2)23)10-16(12)22(3)19(24)18(20)26-17-7-5-4-6-14(17)11-21/h4-10,18H,1-3H3. The summed E-state index contributed by atoms with van der Waals surface area (Å²) >= 11 is 0. The number of halogens is 1. The van der Waals surface area contributed by atoms with E-state index in [2.05, 4.69) is 0 Å². The number of hydrogen-bond acceptors (Lipinski definition) is 5. The first kappa shape index (κ1) is 18.9. The van der Waals surface area contributed by atoms with Gasteiger partial charge in [0.05, 0.1) is 11.3 Å². The molecule has 0 N–H and O–H groups in total. The number of esters is 1. The first-order valence-corrected chi connectivity index (χ1v) is 7.70. The summed E-state index contributed by atoms with van der Waals surface area (Å²) in [6.07, 6.45) is -2.30. The molecule has 0 aliphatic carbocycles. The summed E-state index contributed by atoms with van der Waals surface area (Å²) < 4.78 is 24.4. The zero-order chi connectivity index (χ0) is 19.3. The highest BCUT2D eigenvalue weighted by Gasteiger charge is 2.26. The van der Waals surface area contributed by atoms with Gasteiger partial charge in [0.1, 0.15) is 17.6 Å². The number of nitriles is 1. The van der Waals surface area contributed by atoms with Gasteiger partial charge in [-0.2, -0.15) is 9.65 Å². The Morgan fingerprint density at radius 2 is 1.92 bits per heavy atom. The number of benzene rings is 2. The second kappa shape index (κ2) is 8.12. The molecule has 0 saturated carbocycles. The summed E-state index contributed by atoms with van der Waals surface area (Å²) in [6.45, 7) is 2.99. The SMILES string of the molecule is CC(=O)Oc1ccc(C)c(N(C)C(=O)C(F)Oc2ccccc2C#N)c1. The zero-order valence-electron chi connectivity index (χ0n) is 14.5. The van der Waals surface area contributed by atoms with E-state index >= 15 is 0 Å². The minimum Gasteiger partial charge on any atom is -0.450 e. The second-order valence-corrected chi connectivity index (χ2v) is 5.48. The van der Waals surface area contributed by atoms with Gasteiger partial charge in [0.25, 0.3) is 0 Å². The third-order valence-electron chi connectivity index (χ3n) is 3.57. The molecule has 1 amide bonds. The maximum absolute atomic E-state index is 14.4. The molecule has 0 heterocycles. The van der Waals surface area contributed by atoms with Crippen molar-refractivity contribution in [2.45, 2.75) is 20.2 Å². The molecular formula is C19H17FN2O4. The van der Waals surface area contributed by atoms with Crippen LogP contribution in [0.25, 0.3) is 0 Å². The Balaban J connectivity index is 2.21. The molecule has 1 unspecified atom stereocenters. The fourth-order valence-electron chi connectivity index (χ4n) is 2.27. The molecule has 2 rings (SSSR count). The summed E-state index contributed by atoms with van der Waals surface area (Å²) in [5, 5.41) is 9.01. The van der Waals surface area contributed by atoms with Crippen LogP contribution in [0.15, 0.2) is 42.5 Å². The van der Waals surface area contributed by atoms with Crippen molar-refractivity contribution in [1.82, 2.24) is 0 Å². The second-order valence-electron chi connectivity index (χ2n) is 5.48. The quantitative estimate of drug-likeness (QED) is 0.607. The molecule has 7 heteroatoms. The molecule has 0 saturated heterocycles. The topological polar surface area (TPSA) is 79.6 Å². The summed E-state index contributed by atoms with van der Waals surface area (Å²) in [6, 6.07) is 12.6. The van der Waals surface area contributed by atoms with Crippen LogP contribution in [0.5, 0.6) is 11.5 Å². The lowest BCUT2D eigenvalue weighted by atomic mass is 10.1. The Labute approximate surface area is 150 Å². The van der Waals surface area contributed by atoms with Crippen molar-refractivity contribution in [2.24, 2.45) is 0 Å². The average Bonchev–Trinajstić information content (AvgIpc) is 2.62. The van der Waals surface area contributed by atoms with Crippen LogP contribution in [0.1, 0.15) is 18.1 Å². The van der Waals surface area contributed by atoms with Gasteiger partial charge in [0.2, 0.25) is 0 Å². The minimum absolute atomic E-state index is 0.0189. The molecule has 0 radical (unpaired) electrons. The molecule has 2 aromatic rings. The molecule has 0 fully saturated rings. The van der Waals surface area contributed by atoms with Gasteiger partial charge in [-0.05, 0) is 30.7 Å². The number of hydrogen-bond donors (Lipinski definition) is 0. The number of nitrogens with zero attached hydrogens (tertiary/aromatic N) is 2. The molecule has 26 heavy (non-hydrogen) atoms. The summed E-state index contributed by atoms with van der Waals surface area (Å²) in [4.78, 5) is 24.5. The fraction of sp³-hybridized carbons (Fsp3) is 0.211. The smallest absolute Gasteiger partial charge is 0.317 e. The molecule has 0 aliphatic rings. The van der Waals surface area contributed by atoms with Gasteiger partial charge < -0.3 is 14.4 Å². The van der Waals surface area contributed by atoms with E-state index in [9.17, 15) is 14.0 Å². The van der Waals surface area contributed by atoms with Crippen LogP contribution in [0.4, 0.5) is 10.1 Å². The first-order chi connectivity index (χ1) is 12.3. The van der Waals surface area contributed by atoms with Gasteiger partial charge in [-0.25, -0.2) is 0 Å². The van der Waals surface area contributed by atoms with Crippen molar-refractivity contribution in [3.8, 4) is 17.6 Å². The Morgan fingerprint density at radius 1 is 1.23 bits per heavy atom. The number of para-hydroxylation sites is 1. The average molecular weight is 356 g/mol. The predicted molar refractivity (Wildman–Crippen MR) is 92.6 cm³/mol. The van der Waals surface area contributed by atoms with Crippen molar-refractivity contribution in [3.63, 3.8) is 0 Å². The summed E-state index contributed by atoms with van der Waals surface area (Å²) in [7, 11) is 1.38. The lowest BCUT2D eigenvalue weighted by Crippen LogP contribution is -2.37. The largest absolute Gasteiger partial charge is 0.450 e. The highest BCUT2D eigenvalue weighted by molar-refractivity contribution is 5.96. The number of carbonyl (C=O) groups is 2. The molecule has 0 aliphatic heterocycles. The van der Waals surface area contributed by atoms with Gasteiger partial charge in [0.15, 0.2) is 0 Å². The van der Waals surface area contributed by atoms with Gasteiger partial charge in [-0.15, -0.1) is 0 Å². The van der Waals surface area contributed by atoms with E-state index in [4.69, 9.17) is 14.7 Å². The number of anilines is 1. The number of aryl methyl sites for hydroxylation is 1. The van der Waals surface area contributed by atoms with Crippen LogP contribution >= 0.6 is 0 Å². The van der Waals surface area contributed by atoms with Crippen LogP contribution in [0.3, 0.4) is 0 Å². The predicted octanol–water partition coefficient (Wildman–Crippen LogP) is 3.13. The fourth-order valence-corrected chi connectivity index (χ4v) is 2.27. The highest BCUT2D eigenvalue weighted by Crippen LogP contribution is 2.27. The third kappa shape index (κ3) is 4.36. The molecule has 6 nitrogen and oxygen atoms in total. The maximum atomic E-state index is 14.4. The van der Waals surface area contributed by atoms with Crippen LogP contribution in [0, 0.1) is 18.3 Å². The molecule has 1 atom stereocenters. The molecule has 0 aromatic heterocycles. The van der Waals surface area contributed by atoms with Gasteiger partial charge in [-0.1, -0.05) is 18.2 Å². The van der Waals surface area contributed by atoms with E-state index < -0.39 is 18.2 Å². The monoisotopic (exact) mass is 356 g/mol. The number of alkyl halides is 1. The van der Waals surface area contributed by atoms with E-state index in [0.29, 0.717) is 11.3 Å². The molecule has 0 spiro atoms. The lowest BCUT2D eigenvalue weighted by molar-refractivity contribution is -0.132. The van der Waals surface area contributed by atoms with Crippen LogP contribution < -0.4 is 14.4 Å². The van der Waals surface area contributed by atoms with Gasteiger partial charge in [0, 0.05) is 20.0 Å². The number of carbonyl (C=O) groups excluding carboxylic acids is 2. The Kier molecular flexibility index (Phi) is 5.91. The van der Waals surface area contributed by atoms with Crippen molar-refractivity contribution in [3.05, 3.63) is 53.6 Å². The Hall–Kier alpha value is -3.40. The Bertz CT molecular complexity index is 876. The van der Waals surface area contributed by atoms with Crippen molar-refractivity contribution in [2.75, 3.05) is 11.9 Å². The Morgan fingerprint density at radius 3 is 2.58 bits per heavy atom. The van der Waals surface area contributed by atoms with E-state index in [0.717, 1.165) is 4.90 Å².